The maximum absolute atomic E-state index is 13.8. The summed E-state index contributed by atoms with van der Waals surface area (Å²) in [7, 11) is 0. The molecule has 188 valence electrons. The number of aromatic nitrogens is 3. The monoisotopic (exact) mass is 534 g/mol. The zero-order chi connectivity index (χ0) is 25.6. The van der Waals surface area contributed by atoms with E-state index in [4.69, 9.17) is 4.74 Å². The van der Waals surface area contributed by atoms with Gasteiger partial charge < -0.3 is 10.1 Å². The van der Waals surface area contributed by atoms with Gasteiger partial charge in [-0.25, -0.2) is 14.3 Å². The lowest BCUT2D eigenvalue weighted by atomic mass is 9.88. The summed E-state index contributed by atoms with van der Waals surface area (Å²) in [5.41, 5.74) is -0.0725. The van der Waals surface area contributed by atoms with Gasteiger partial charge in [0.05, 0.1) is 22.7 Å². The molecule has 0 radical (unpaired) electrons. The van der Waals surface area contributed by atoms with E-state index in [0.717, 1.165) is 29.3 Å². The highest BCUT2D eigenvalue weighted by Gasteiger charge is 2.36. The van der Waals surface area contributed by atoms with Gasteiger partial charge in [-0.1, -0.05) is 13.0 Å². The highest BCUT2D eigenvalue weighted by Crippen LogP contribution is 2.40. The Morgan fingerprint density at radius 2 is 2.11 bits per heavy atom. The molecular weight excluding hydrogens is 513 g/mol. The van der Waals surface area contributed by atoms with Crippen molar-refractivity contribution in [1.29, 1.82) is 0 Å². The number of fused-ring (bicyclic) bond motifs is 2. The summed E-state index contributed by atoms with van der Waals surface area (Å²) >= 11 is 2.56. The fourth-order valence-corrected chi connectivity index (χ4v) is 6.34. The number of carbonyl (C=O) groups is 2. The average molecular weight is 535 g/mol. The Labute approximate surface area is 211 Å². The number of carbonyl (C=O) groups excluding carboxylic acids is 2. The fourth-order valence-electron chi connectivity index (χ4n) is 4.26. The average Bonchev–Trinajstić information content (AvgIpc) is 3.55. The van der Waals surface area contributed by atoms with Gasteiger partial charge in [-0.3, -0.25) is 4.79 Å². The van der Waals surface area contributed by atoms with Crippen molar-refractivity contribution in [3.05, 3.63) is 57.0 Å². The molecule has 1 amide bonds. The van der Waals surface area contributed by atoms with E-state index < -0.39 is 23.7 Å². The second kappa shape index (κ2) is 9.32. The van der Waals surface area contributed by atoms with Crippen molar-refractivity contribution in [2.45, 2.75) is 39.3 Å². The van der Waals surface area contributed by atoms with Crippen molar-refractivity contribution < 1.29 is 27.5 Å². The molecule has 0 bridgehead atoms. The molecule has 4 aromatic rings. The van der Waals surface area contributed by atoms with Crippen LogP contribution in [0.2, 0.25) is 0 Å². The number of alkyl halides is 3. The molecule has 5 rings (SSSR count). The van der Waals surface area contributed by atoms with Gasteiger partial charge in [0.1, 0.15) is 5.00 Å². The number of halogens is 3. The number of anilines is 1. The van der Waals surface area contributed by atoms with E-state index in [0.29, 0.717) is 32.3 Å². The number of amides is 1. The first-order chi connectivity index (χ1) is 17.2. The maximum atomic E-state index is 13.8. The van der Waals surface area contributed by atoms with Gasteiger partial charge in [-0.2, -0.15) is 18.3 Å². The molecule has 1 aliphatic rings. The summed E-state index contributed by atoms with van der Waals surface area (Å²) in [6, 6.07) is 5.52. The minimum Gasteiger partial charge on any atom is -0.462 e. The van der Waals surface area contributed by atoms with Crippen LogP contribution >= 0.6 is 22.7 Å². The van der Waals surface area contributed by atoms with E-state index in [9.17, 15) is 22.8 Å². The first-order valence-corrected chi connectivity index (χ1v) is 13.0. The molecule has 0 spiro atoms. The summed E-state index contributed by atoms with van der Waals surface area (Å²) in [5, 5.41) is 8.67. The molecule has 1 unspecified atom stereocenters. The van der Waals surface area contributed by atoms with Gasteiger partial charge >= 0.3 is 12.1 Å². The van der Waals surface area contributed by atoms with E-state index in [2.05, 4.69) is 22.3 Å². The molecule has 4 aromatic heterocycles. The van der Waals surface area contributed by atoms with Gasteiger partial charge in [0.2, 0.25) is 0 Å². The Morgan fingerprint density at radius 3 is 2.81 bits per heavy atom. The maximum Gasteiger partial charge on any atom is 0.433 e. The van der Waals surface area contributed by atoms with Crippen molar-refractivity contribution >= 4 is 45.2 Å². The third kappa shape index (κ3) is 4.50. The number of hydrogen-bond acceptors (Lipinski definition) is 7. The Morgan fingerprint density at radius 1 is 1.31 bits per heavy atom. The molecule has 36 heavy (non-hydrogen) atoms. The third-order valence-electron chi connectivity index (χ3n) is 5.94. The van der Waals surface area contributed by atoms with Crippen LogP contribution in [0.25, 0.3) is 16.2 Å². The molecule has 7 nitrogen and oxygen atoms in total. The van der Waals surface area contributed by atoms with Gasteiger partial charge in [0.15, 0.2) is 17.0 Å². The van der Waals surface area contributed by atoms with Crippen LogP contribution in [0.1, 0.15) is 57.2 Å². The Bertz CT molecular complexity index is 1460. The Kier molecular flexibility index (Phi) is 6.33. The molecule has 0 saturated heterocycles. The highest BCUT2D eigenvalue weighted by molar-refractivity contribution is 7.17. The van der Waals surface area contributed by atoms with Crippen molar-refractivity contribution in [1.82, 2.24) is 14.6 Å². The van der Waals surface area contributed by atoms with Gasteiger partial charge in [-0.05, 0) is 55.2 Å². The quantitative estimate of drug-likeness (QED) is 0.313. The lowest BCUT2D eigenvalue weighted by Crippen LogP contribution is -2.17. The Balaban J connectivity index is 1.54. The van der Waals surface area contributed by atoms with Crippen LogP contribution < -0.4 is 5.32 Å². The van der Waals surface area contributed by atoms with Gasteiger partial charge in [-0.15, -0.1) is 22.7 Å². The molecule has 0 aliphatic heterocycles. The number of nitrogens with zero attached hydrogens (tertiary/aromatic N) is 3. The van der Waals surface area contributed by atoms with Crippen molar-refractivity contribution in [3.8, 4) is 10.6 Å². The van der Waals surface area contributed by atoms with E-state index in [1.54, 1.807) is 24.4 Å². The summed E-state index contributed by atoms with van der Waals surface area (Å²) in [6.45, 7) is 4.00. The molecule has 12 heteroatoms. The molecule has 0 aromatic carbocycles. The number of nitrogens with one attached hydrogen (secondary N) is 1. The number of esters is 1. The zero-order valence-electron chi connectivity index (χ0n) is 19.3. The molecule has 0 saturated carbocycles. The summed E-state index contributed by atoms with van der Waals surface area (Å²) in [4.78, 5) is 31.7. The van der Waals surface area contributed by atoms with Crippen LogP contribution in [0.15, 0.2) is 29.6 Å². The smallest absolute Gasteiger partial charge is 0.433 e. The molecule has 1 atom stereocenters. The van der Waals surface area contributed by atoms with Crippen molar-refractivity contribution in [2.75, 3.05) is 11.9 Å². The van der Waals surface area contributed by atoms with E-state index in [-0.39, 0.29) is 23.6 Å². The number of thiophene rings is 2. The normalized spacial score (nSPS) is 15.6. The highest BCUT2D eigenvalue weighted by atomic mass is 32.1. The standard InChI is InChI=1S/C24H21F3N4O3S2/c1-3-34-23(33)20-13-7-6-12(2)9-17(13)36-22(20)29-21(32)15-11-19-28-14(16-5-4-8-35-16)10-18(24(25,26)27)31(19)30-15/h4-5,8,10-12H,3,6-7,9H2,1-2H3,(H,29,32). The molecule has 0 fully saturated rings. The largest absolute Gasteiger partial charge is 0.462 e. The minimum atomic E-state index is -4.71. The summed E-state index contributed by atoms with van der Waals surface area (Å²) in [5.74, 6) is -0.822. The van der Waals surface area contributed by atoms with E-state index in [1.165, 1.54) is 28.7 Å². The molecule has 1 N–H and O–H groups in total. The first-order valence-electron chi connectivity index (χ1n) is 11.3. The molecule has 4 heterocycles. The zero-order valence-corrected chi connectivity index (χ0v) is 20.9. The fraction of sp³-hybridized carbons (Fsp3) is 0.333. The molecule has 1 aliphatic carbocycles. The van der Waals surface area contributed by atoms with Crippen LogP contribution in [-0.2, 0) is 23.8 Å². The third-order valence-corrected chi connectivity index (χ3v) is 8.00. The summed E-state index contributed by atoms with van der Waals surface area (Å²) < 4.78 is 47.4. The summed E-state index contributed by atoms with van der Waals surface area (Å²) in [6.07, 6.45) is -2.33. The minimum absolute atomic E-state index is 0.108. The first kappa shape index (κ1) is 24.4. The number of rotatable bonds is 5. The predicted molar refractivity (Wildman–Crippen MR) is 131 cm³/mol. The van der Waals surface area contributed by atoms with Crippen LogP contribution in [0, 0.1) is 5.92 Å². The molecular formula is C24H21F3N4O3S2. The SMILES string of the molecule is CCOC(=O)c1c(NC(=O)c2cc3nc(-c4cccs4)cc(C(F)(F)F)n3n2)sc2c1CCC(C)C2. The van der Waals surface area contributed by atoms with E-state index >= 15 is 0 Å². The lowest BCUT2D eigenvalue weighted by molar-refractivity contribution is -0.142. The predicted octanol–water partition coefficient (Wildman–Crippen LogP) is 6.09. The van der Waals surface area contributed by atoms with Crippen LogP contribution in [0.5, 0.6) is 0 Å². The number of ether oxygens (including phenoxy) is 1. The van der Waals surface area contributed by atoms with Crippen LogP contribution in [-0.4, -0.2) is 33.1 Å². The Hall–Kier alpha value is -3.25. The second-order valence-electron chi connectivity index (χ2n) is 8.53. The van der Waals surface area contributed by atoms with Gasteiger partial charge in [0, 0.05) is 10.9 Å². The van der Waals surface area contributed by atoms with E-state index in [1.807, 2.05) is 0 Å². The van der Waals surface area contributed by atoms with Crippen molar-refractivity contribution in [3.63, 3.8) is 0 Å². The van der Waals surface area contributed by atoms with Crippen LogP contribution in [0.4, 0.5) is 18.2 Å². The lowest BCUT2D eigenvalue weighted by Gasteiger charge is -2.18. The van der Waals surface area contributed by atoms with Crippen molar-refractivity contribution in [2.24, 2.45) is 5.92 Å². The van der Waals surface area contributed by atoms with Crippen LogP contribution in [0.3, 0.4) is 0 Å². The second-order valence-corrected chi connectivity index (χ2v) is 10.6. The topological polar surface area (TPSA) is 85.6 Å². The van der Waals surface area contributed by atoms with Gasteiger partial charge in [0.25, 0.3) is 5.91 Å². The number of hydrogen-bond donors (Lipinski definition) is 1.